The lowest BCUT2D eigenvalue weighted by Gasteiger charge is -1.91. The molecule has 1 heterocycles. The number of primary sulfonamides is 1. The molecule has 0 unspecified atom stereocenters. The van der Waals surface area contributed by atoms with Gasteiger partial charge in [-0.3, -0.25) is 0 Å². The normalized spacial score (nSPS) is 11.8. The summed E-state index contributed by atoms with van der Waals surface area (Å²) in [5, 5.41) is 5.22. The number of hydrogen-bond acceptors (Lipinski definition) is 4. The van der Waals surface area contributed by atoms with Crippen LogP contribution >= 0.6 is 15.9 Å². The van der Waals surface area contributed by atoms with Crippen molar-refractivity contribution < 1.29 is 12.8 Å². The molecule has 74 valence electrons. The molecule has 0 atom stereocenters. The Morgan fingerprint density at radius 2 is 2.31 bits per heavy atom. The fourth-order valence-corrected chi connectivity index (χ4v) is 1.48. The van der Waals surface area contributed by atoms with Crippen molar-refractivity contribution >= 4 is 26.0 Å². The Morgan fingerprint density at radius 3 is 2.77 bits per heavy atom. The summed E-state index contributed by atoms with van der Waals surface area (Å²) < 4.78 is 26.4. The first-order valence-electron chi connectivity index (χ1n) is 3.57. The molecular weight excluding hydrogens is 260 g/mol. The number of sulfonamides is 1. The van der Waals surface area contributed by atoms with Gasteiger partial charge in [-0.15, -0.1) is 0 Å². The number of nitrogens with two attached hydrogens (primary N) is 1. The molecule has 5 nitrogen and oxygen atoms in total. The average Bonchev–Trinajstić information content (AvgIpc) is 2.47. The molecule has 0 fully saturated rings. The van der Waals surface area contributed by atoms with Crippen molar-refractivity contribution in [2.75, 3.05) is 5.33 Å². The molecule has 1 aromatic heterocycles. The molecular formula is C6H9BrN2O3S. The summed E-state index contributed by atoms with van der Waals surface area (Å²) in [5.41, 5.74) is 0. The number of aromatic nitrogens is 1. The molecule has 0 radical (unpaired) electrons. The predicted molar refractivity (Wildman–Crippen MR) is 50.0 cm³/mol. The molecule has 0 saturated heterocycles. The molecule has 7 heteroatoms. The average molecular weight is 269 g/mol. The lowest BCUT2D eigenvalue weighted by molar-refractivity contribution is 0.398. The molecule has 13 heavy (non-hydrogen) atoms. The van der Waals surface area contributed by atoms with E-state index < -0.39 is 15.2 Å². The van der Waals surface area contributed by atoms with Gasteiger partial charge >= 0.3 is 5.22 Å². The van der Waals surface area contributed by atoms with Gasteiger partial charge in [-0.1, -0.05) is 15.9 Å². The zero-order valence-corrected chi connectivity index (χ0v) is 9.14. The van der Waals surface area contributed by atoms with E-state index in [-0.39, 0.29) is 0 Å². The van der Waals surface area contributed by atoms with Crippen LogP contribution in [0.1, 0.15) is 12.2 Å². The van der Waals surface area contributed by atoms with Gasteiger partial charge in [0.1, 0.15) is 5.76 Å². The van der Waals surface area contributed by atoms with Crippen LogP contribution in [-0.4, -0.2) is 18.7 Å². The molecule has 0 aliphatic heterocycles. The minimum absolute atomic E-state index is 0.419. The highest BCUT2D eigenvalue weighted by molar-refractivity contribution is 9.09. The van der Waals surface area contributed by atoms with E-state index in [4.69, 9.17) is 9.56 Å². The minimum Gasteiger partial charge on any atom is -0.432 e. The van der Waals surface area contributed by atoms with Gasteiger partial charge in [0.15, 0.2) is 0 Å². The summed E-state index contributed by atoms with van der Waals surface area (Å²) >= 11 is 3.25. The molecule has 0 spiro atoms. The quantitative estimate of drug-likeness (QED) is 0.813. The zero-order valence-electron chi connectivity index (χ0n) is 6.73. The van der Waals surface area contributed by atoms with E-state index in [0.717, 1.165) is 11.8 Å². The molecule has 0 aliphatic rings. The van der Waals surface area contributed by atoms with Crippen LogP contribution in [0.3, 0.4) is 0 Å². The van der Waals surface area contributed by atoms with Gasteiger partial charge in [0.25, 0.3) is 10.0 Å². The second-order valence-electron chi connectivity index (χ2n) is 2.43. The molecule has 0 aromatic carbocycles. The van der Waals surface area contributed by atoms with E-state index in [9.17, 15) is 8.42 Å². The molecule has 2 N–H and O–H groups in total. The molecule has 0 bridgehead atoms. The SMILES string of the molecule is NS(=O)(=O)c1ncc(CCCBr)o1. The number of aryl methyl sites for hydroxylation is 1. The molecule has 0 amide bonds. The van der Waals surface area contributed by atoms with Gasteiger partial charge < -0.3 is 4.42 Å². The number of alkyl halides is 1. The van der Waals surface area contributed by atoms with Crippen LogP contribution in [-0.2, 0) is 16.4 Å². The fourth-order valence-electron chi connectivity index (χ4n) is 0.778. The van der Waals surface area contributed by atoms with Crippen LogP contribution < -0.4 is 5.14 Å². The largest absolute Gasteiger partial charge is 0.432 e. The lowest BCUT2D eigenvalue weighted by Crippen LogP contribution is -2.12. The zero-order chi connectivity index (χ0) is 9.90. The third-order valence-electron chi connectivity index (χ3n) is 1.33. The summed E-state index contributed by atoms with van der Waals surface area (Å²) in [6, 6.07) is 0. The van der Waals surface area contributed by atoms with Crippen molar-refractivity contribution in [2.24, 2.45) is 5.14 Å². The first-order chi connectivity index (χ1) is 6.04. The third kappa shape index (κ3) is 3.09. The Balaban J connectivity index is 2.76. The Bertz CT molecular complexity index is 373. The van der Waals surface area contributed by atoms with Gasteiger partial charge in [0.05, 0.1) is 6.20 Å². The maximum Gasteiger partial charge on any atom is 0.330 e. The Labute approximate surface area is 84.5 Å². The molecule has 0 aliphatic carbocycles. The third-order valence-corrected chi connectivity index (χ3v) is 2.57. The Kier molecular flexibility index (Phi) is 3.46. The molecule has 0 saturated carbocycles. The monoisotopic (exact) mass is 268 g/mol. The van der Waals surface area contributed by atoms with E-state index >= 15 is 0 Å². The van der Waals surface area contributed by atoms with Crippen LogP contribution in [0.2, 0.25) is 0 Å². The summed E-state index contributed by atoms with van der Waals surface area (Å²) in [5.74, 6) is 0.531. The summed E-state index contributed by atoms with van der Waals surface area (Å²) in [6.45, 7) is 0. The van der Waals surface area contributed by atoms with Crippen molar-refractivity contribution in [3.05, 3.63) is 12.0 Å². The van der Waals surface area contributed by atoms with E-state index in [2.05, 4.69) is 20.9 Å². The topological polar surface area (TPSA) is 86.2 Å². The standard InChI is InChI=1S/C6H9BrN2O3S/c7-3-1-2-5-4-9-6(12-5)13(8,10)11/h4H,1-3H2,(H2,8,10,11). The van der Waals surface area contributed by atoms with Gasteiger partial charge in [-0.05, 0) is 6.42 Å². The molecule has 1 aromatic rings. The van der Waals surface area contributed by atoms with Gasteiger partial charge in [0.2, 0.25) is 0 Å². The first kappa shape index (κ1) is 10.7. The first-order valence-corrected chi connectivity index (χ1v) is 6.24. The van der Waals surface area contributed by atoms with Gasteiger partial charge in [0, 0.05) is 11.8 Å². The number of hydrogen-bond donors (Lipinski definition) is 1. The summed E-state index contributed by atoms with van der Waals surface area (Å²) in [4.78, 5) is 3.55. The summed E-state index contributed by atoms with van der Waals surface area (Å²) in [6.07, 6.45) is 2.88. The summed E-state index contributed by atoms with van der Waals surface area (Å²) in [7, 11) is -3.80. The van der Waals surface area contributed by atoms with E-state index in [1.807, 2.05) is 0 Å². The fraction of sp³-hybridized carbons (Fsp3) is 0.500. The van der Waals surface area contributed by atoms with Crippen molar-refractivity contribution in [3.8, 4) is 0 Å². The number of halogens is 1. The van der Waals surface area contributed by atoms with Gasteiger partial charge in [-0.25, -0.2) is 18.5 Å². The van der Waals surface area contributed by atoms with Crippen molar-refractivity contribution in [1.82, 2.24) is 4.98 Å². The van der Waals surface area contributed by atoms with E-state index in [0.29, 0.717) is 12.2 Å². The smallest absolute Gasteiger partial charge is 0.330 e. The Morgan fingerprint density at radius 1 is 1.62 bits per heavy atom. The van der Waals surface area contributed by atoms with E-state index in [1.54, 1.807) is 0 Å². The highest BCUT2D eigenvalue weighted by Crippen LogP contribution is 2.10. The van der Waals surface area contributed by atoms with Crippen LogP contribution in [0.25, 0.3) is 0 Å². The highest BCUT2D eigenvalue weighted by atomic mass is 79.9. The van der Waals surface area contributed by atoms with Crippen LogP contribution in [0.4, 0.5) is 0 Å². The van der Waals surface area contributed by atoms with Crippen LogP contribution in [0.15, 0.2) is 15.8 Å². The van der Waals surface area contributed by atoms with Crippen molar-refractivity contribution in [3.63, 3.8) is 0 Å². The van der Waals surface area contributed by atoms with Gasteiger partial charge in [-0.2, -0.15) is 0 Å². The molecule has 1 rings (SSSR count). The highest BCUT2D eigenvalue weighted by Gasteiger charge is 2.14. The predicted octanol–water partition coefficient (Wildman–Crippen LogP) is 0.650. The lowest BCUT2D eigenvalue weighted by atomic mass is 10.3. The number of nitrogens with zero attached hydrogens (tertiary/aromatic N) is 1. The number of oxazole rings is 1. The maximum atomic E-state index is 10.7. The second kappa shape index (κ2) is 4.21. The van der Waals surface area contributed by atoms with Crippen LogP contribution in [0.5, 0.6) is 0 Å². The Hall–Kier alpha value is -0.400. The maximum absolute atomic E-state index is 10.7. The second-order valence-corrected chi connectivity index (χ2v) is 4.66. The van der Waals surface area contributed by atoms with Crippen molar-refractivity contribution in [1.29, 1.82) is 0 Å². The van der Waals surface area contributed by atoms with Crippen molar-refractivity contribution in [2.45, 2.75) is 18.1 Å². The van der Waals surface area contributed by atoms with Crippen LogP contribution in [0, 0.1) is 0 Å². The number of rotatable bonds is 4. The van der Waals surface area contributed by atoms with E-state index in [1.165, 1.54) is 6.20 Å². The minimum atomic E-state index is -3.80.